The van der Waals surface area contributed by atoms with Crippen molar-refractivity contribution >= 4 is 0 Å². The van der Waals surface area contributed by atoms with Crippen molar-refractivity contribution in [2.24, 2.45) is 5.92 Å². The Balaban J connectivity index is 2.18. The van der Waals surface area contributed by atoms with Crippen LogP contribution in [0.1, 0.15) is 6.42 Å². The second kappa shape index (κ2) is 3.88. The molecule has 4 heteroatoms. The number of hydroxylamine groups is 1. The highest BCUT2D eigenvalue weighted by molar-refractivity contribution is 4.72. The first-order chi connectivity index (χ1) is 4.84. The Morgan fingerprint density at radius 2 is 2.50 bits per heavy atom. The van der Waals surface area contributed by atoms with Gasteiger partial charge in [0.15, 0.2) is 0 Å². The Kier molecular flexibility index (Phi) is 3.08. The summed E-state index contributed by atoms with van der Waals surface area (Å²) >= 11 is 0. The average Bonchev–Trinajstić information content (AvgIpc) is 2.38. The van der Waals surface area contributed by atoms with E-state index >= 15 is 0 Å². The van der Waals surface area contributed by atoms with Crippen LogP contribution in [0.4, 0.5) is 0 Å². The molecule has 2 unspecified atom stereocenters. The van der Waals surface area contributed by atoms with Gasteiger partial charge in [0.1, 0.15) is 0 Å². The summed E-state index contributed by atoms with van der Waals surface area (Å²) in [7, 11) is 0. The fraction of sp³-hybridized carbons (Fsp3) is 1.00. The highest BCUT2D eigenvalue weighted by atomic mass is 16.5. The van der Waals surface area contributed by atoms with Gasteiger partial charge in [0, 0.05) is 19.1 Å². The van der Waals surface area contributed by atoms with E-state index in [1.54, 1.807) is 0 Å². The largest absolute Gasteiger partial charge is 0.391 e. The molecule has 0 aromatic heterocycles. The molecule has 0 aromatic carbocycles. The molecule has 2 atom stereocenters. The molecule has 1 heterocycles. The van der Waals surface area contributed by atoms with Crippen LogP contribution in [0.5, 0.6) is 0 Å². The van der Waals surface area contributed by atoms with Gasteiger partial charge in [-0.05, 0) is 6.42 Å². The third kappa shape index (κ3) is 1.91. The third-order valence-electron chi connectivity index (χ3n) is 1.81. The van der Waals surface area contributed by atoms with Crippen molar-refractivity contribution < 1.29 is 15.1 Å². The minimum Gasteiger partial charge on any atom is -0.391 e. The normalized spacial score (nSPS) is 28.8. The maximum absolute atomic E-state index is 9.25. The van der Waals surface area contributed by atoms with Crippen molar-refractivity contribution in [3.63, 3.8) is 0 Å². The minimum absolute atomic E-state index is 0.194. The van der Waals surface area contributed by atoms with Crippen molar-refractivity contribution in [3.05, 3.63) is 0 Å². The molecule has 1 aliphatic heterocycles. The maximum Gasteiger partial charge on any atom is 0.0738 e. The zero-order valence-electron chi connectivity index (χ0n) is 5.79. The monoisotopic (exact) mass is 147 g/mol. The van der Waals surface area contributed by atoms with E-state index in [-0.39, 0.29) is 12.5 Å². The number of hydrogen-bond acceptors (Lipinski definition) is 4. The van der Waals surface area contributed by atoms with Crippen LogP contribution in [0.25, 0.3) is 0 Å². The van der Waals surface area contributed by atoms with Gasteiger partial charge in [-0.15, -0.1) is 0 Å². The molecule has 1 aliphatic rings. The van der Waals surface area contributed by atoms with Gasteiger partial charge in [0.05, 0.1) is 12.7 Å². The molecular weight excluding hydrogens is 134 g/mol. The highest BCUT2D eigenvalue weighted by Crippen LogP contribution is 2.15. The van der Waals surface area contributed by atoms with Crippen molar-refractivity contribution in [3.8, 4) is 0 Å². The van der Waals surface area contributed by atoms with Crippen LogP contribution in [-0.2, 0) is 4.74 Å². The SMILES string of the molecule is ONCC(O)C1CCOC1. The van der Waals surface area contributed by atoms with E-state index in [4.69, 9.17) is 9.94 Å². The molecule has 1 rings (SSSR count). The zero-order chi connectivity index (χ0) is 7.40. The van der Waals surface area contributed by atoms with Crippen LogP contribution in [0.3, 0.4) is 0 Å². The lowest BCUT2D eigenvalue weighted by Gasteiger charge is -2.14. The highest BCUT2D eigenvalue weighted by Gasteiger charge is 2.23. The molecule has 1 fully saturated rings. The van der Waals surface area contributed by atoms with Gasteiger partial charge in [-0.25, -0.2) is 5.48 Å². The van der Waals surface area contributed by atoms with E-state index in [1.165, 1.54) is 0 Å². The number of nitrogens with one attached hydrogen (secondary N) is 1. The molecule has 0 bridgehead atoms. The van der Waals surface area contributed by atoms with Crippen molar-refractivity contribution in [2.45, 2.75) is 12.5 Å². The summed E-state index contributed by atoms with van der Waals surface area (Å²) in [5, 5.41) is 17.5. The smallest absolute Gasteiger partial charge is 0.0738 e. The number of aliphatic hydroxyl groups excluding tert-OH is 1. The summed E-state index contributed by atoms with van der Waals surface area (Å²) in [6.07, 6.45) is 0.413. The lowest BCUT2D eigenvalue weighted by atomic mass is 10.0. The van der Waals surface area contributed by atoms with Crippen LogP contribution in [-0.4, -0.2) is 36.2 Å². The van der Waals surface area contributed by atoms with E-state index in [2.05, 4.69) is 0 Å². The Morgan fingerprint density at radius 3 is 3.00 bits per heavy atom. The molecule has 0 amide bonds. The predicted octanol–water partition coefficient (Wildman–Crippen LogP) is -0.637. The molecule has 4 nitrogen and oxygen atoms in total. The van der Waals surface area contributed by atoms with Crippen LogP contribution in [0.15, 0.2) is 0 Å². The molecule has 0 spiro atoms. The van der Waals surface area contributed by atoms with Crippen LogP contribution < -0.4 is 5.48 Å². The van der Waals surface area contributed by atoms with Crippen molar-refractivity contribution in [1.29, 1.82) is 0 Å². The Morgan fingerprint density at radius 1 is 1.70 bits per heavy atom. The second-order valence-electron chi connectivity index (χ2n) is 2.55. The van der Waals surface area contributed by atoms with Gasteiger partial charge >= 0.3 is 0 Å². The van der Waals surface area contributed by atoms with Crippen molar-refractivity contribution in [2.75, 3.05) is 19.8 Å². The first-order valence-electron chi connectivity index (χ1n) is 3.47. The summed E-state index contributed by atoms with van der Waals surface area (Å²) in [5.41, 5.74) is 1.94. The first kappa shape index (κ1) is 7.94. The number of rotatable bonds is 3. The molecule has 0 aromatic rings. The van der Waals surface area contributed by atoms with Crippen LogP contribution in [0, 0.1) is 5.92 Å². The van der Waals surface area contributed by atoms with Gasteiger partial charge < -0.3 is 15.1 Å². The molecule has 10 heavy (non-hydrogen) atoms. The standard InChI is InChI=1S/C6H13NO3/c8-6(3-7-9)5-1-2-10-4-5/h5-9H,1-4H2. The zero-order valence-corrected chi connectivity index (χ0v) is 5.79. The fourth-order valence-electron chi connectivity index (χ4n) is 1.12. The first-order valence-corrected chi connectivity index (χ1v) is 3.47. The lowest BCUT2D eigenvalue weighted by Crippen LogP contribution is -2.31. The summed E-state index contributed by atoms with van der Waals surface area (Å²) in [5.74, 6) is 0.194. The Labute approximate surface area is 59.8 Å². The summed E-state index contributed by atoms with van der Waals surface area (Å²) in [6.45, 7) is 1.57. The average molecular weight is 147 g/mol. The van der Waals surface area contributed by atoms with E-state index in [0.717, 1.165) is 13.0 Å². The second-order valence-corrected chi connectivity index (χ2v) is 2.55. The maximum atomic E-state index is 9.25. The van der Waals surface area contributed by atoms with E-state index < -0.39 is 6.10 Å². The van der Waals surface area contributed by atoms with Crippen molar-refractivity contribution in [1.82, 2.24) is 5.48 Å². The third-order valence-corrected chi connectivity index (χ3v) is 1.81. The van der Waals surface area contributed by atoms with E-state index in [1.807, 2.05) is 5.48 Å². The Hall–Kier alpha value is -0.160. The number of hydrogen-bond donors (Lipinski definition) is 3. The fourth-order valence-corrected chi connectivity index (χ4v) is 1.12. The molecule has 1 saturated heterocycles. The van der Waals surface area contributed by atoms with Crippen LogP contribution in [0.2, 0.25) is 0 Å². The van der Waals surface area contributed by atoms with E-state index in [9.17, 15) is 5.11 Å². The van der Waals surface area contributed by atoms with Gasteiger partial charge in [-0.2, -0.15) is 0 Å². The lowest BCUT2D eigenvalue weighted by molar-refractivity contribution is 0.0499. The predicted molar refractivity (Wildman–Crippen MR) is 34.7 cm³/mol. The molecule has 0 aliphatic carbocycles. The van der Waals surface area contributed by atoms with Crippen LogP contribution >= 0.6 is 0 Å². The van der Waals surface area contributed by atoms with E-state index in [0.29, 0.717) is 6.61 Å². The molecule has 60 valence electrons. The van der Waals surface area contributed by atoms with Gasteiger partial charge in [0.25, 0.3) is 0 Å². The summed E-state index contributed by atoms with van der Waals surface area (Å²) in [6, 6.07) is 0. The number of aliphatic hydroxyl groups is 1. The topological polar surface area (TPSA) is 61.7 Å². The van der Waals surface area contributed by atoms with Gasteiger partial charge in [-0.1, -0.05) is 0 Å². The Bertz CT molecular complexity index is 93.0. The molecule has 0 saturated carbocycles. The minimum atomic E-state index is -0.479. The summed E-state index contributed by atoms with van der Waals surface area (Å²) in [4.78, 5) is 0. The van der Waals surface area contributed by atoms with Gasteiger partial charge in [-0.3, -0.25) is 0 Å². The molecular formula is C6H13NO3. The number of ether oxygens (including phenoxy) is 1. The van der Waals surface area contributed by atoms with Gasteiger partial charge in [0.2, 0.25) is 0 Å². The molecule has 3 N–H and O–H groups in total. The quantitative estimate of drug-likeness (QED) is 0.465. The molecule has 0 radical (unpaired) electrons. The summed E-state index contributed by atoms with van der Waals surface area (Å²) < 4.78 is 5.06.